The first-order chi connectivity index (χ1) is 9.21. The van der Waals surface area contributed by atoms with Crippen molar-refractivity contribution in [2.75, 3.05) is 5.32 Å². The average molecular weight is 277 g/mol. The quantitative estimate of drug-likeness (QED) is 0.888. The second-order valence-corrected chi connectivity index (χ2v) is 6.08. The minimum absolute atomic E-state index is 0.0411. The lowest BCUT2D eigenvalue weighted by Crippen LogP contribution is -2.31. The minimum Gasteiger partial charge on any atom is -0.327 e. The number of rotatable bonds is 4. The largest absolute Gasteiger partial charge is 0.327 e. The lowest BCUT2D eigenvalue weighted by Gasteiger charge is -2.22. The van der Waals surface area contributed by atoms with Crippen molar-refractivity contribution in [3.8, 4) is 6.07 Å². The van der Waals surface area contributed by atoms with E-state index >= 15 is 0 Å². The number of carbonyl (C=O) groups excluding carboxylic acids is 1. The highest BCUT2D eigenvalue weighted by Crippen LogP contribution is 2.21. The van der Waals surface area contributed by atoms with Gasteiger partial charge in [-0.2, -0.15) is 5.26 Å². The molecule has 4 nitrogen and oxygen atoms in total. The van der Waals surface area contributed by atoms with Gasteiger partial charge in [0, 0.05) is 12.5 Å². The van der Waals surface area contributed by atoms with Crippen molar-refractivity contribution in [1.82, 2.24) is 0 Å². The summed E-state index contributed by atoms with van der Waals surface area (Å²) >= 11 is 0. The molecule has 3 N–H and O–H groups in total. The van der Waals surface area contributed by atoms with Crippen LogP contribution in [0.25, 0.3) is 0 Å². The Morgan fingerprint density at radius 3 is 2.65 bits per heavy atom. The number of carbonyl (C=O) groups is 1. The van der Waals surface area contributed by atoms with Crippen molar-refractivity contribution in [2.45, 2.75) is 39.7 Å². The minimum atomic E-state index is -0.623. The fourth-order valence-electron chi connectivity index (χ4n) is 1.98. The van der Waals surface area contributed by atoms with E-state index in [2.05, 4.69) is 5.32 Å². The summed E-state index contributed by atoms with van der Waals surface area (Å²) in [5.74, 6) is -0.952. The Morgan fingerprint density at radius 2 is 2.15 bits per heavy atom. The highest BCUT2D eigenvalue weighted by atomic mass is 19.1. The molecule has 20 heavy (non-hydrogen) atoms. The predicted octanol–water partition coefficient (Wildman–Crippen LogP) is 2.79. The van der Waals surface area contributed by atoms with Crippen molar-refractivity contribution in [1.29, 1.82) is 5.26 Å². The summed E-state index contributed by atoms with van der Waals surface area (Å²) in [6, 6.07) is 5.48. The van der Waals surface area contributed by atoms with E-state index in [-0.39, 0.29) is 35.0 Å². The zero-order chi connectivity index (χ0) is 15.3. The Kier molecular flexibility index (Phi) is 5.23. The molecule has 0 saturated heterocycles. The normalized spacial score (nSPS) is 12.6. The molecule has 5 heteroatoms. The van der Waals surface area contributed by atoms with Gasteiger partial charge in [-0.15, -0.1) is 0 Å². The summed E-state index contributed by atoms with van der Waals surface area (Å²) in [4.78, 5) is 11.8. The van der Waals surface area contributed by atoms with Gasteiger partial charge in [0.1, 0.15) is 5.82 Å². The van der Waals surface area contributed by atoms with Gasteiger partial charge in [-0.05, 0) is 30.0 Å². The fraction of sp³-hybridized carbons (Fsp3) is 0.467. The van der Waals surface area contributed by atoms with Crippen LogP contribution in [0.5, 0.6) is 0 Å². The Hall–Kier alpha value is -1.93. The molecule has 0 radical (unpaired) electrons. The highest BCUT2D eigenvalue weighted by molar-refractivity contribution is 5.91. The van der Waals surface area contributed by atoms with Gasteiger partial charge >= 0.3 is 0 Å². The van der Waals surface area contributed by atoms with Gasteiger partial charge in [0.05, 0.1) is 17.3 Å². The number of halogens is 1. The van der Waals surface area contributed by atoms with Gasteiger partial charge in [0.25, 0.3) is 0 Å². The molecule has 0 spiro atoms. The van der Waals surface area contributed by atoms with Gasteiger partial charge in [0.15, 0.2) is 0 Å². The summed E-state index contributed by atoms with van der Waals surface area (Å²) in [5, 5.41) is 11.1. The monoisotopic (exact) mass is 277 g/mol. The van der Waals surface area contributed by atoms with Crippen molar-refractivity contribution in [2.24, 2.45) is 11.1 Å². The molecule has 0 heterocycles. The molecule has 108 valence electrons. The molecule has 0 fully saturated rings. The number of hydrogen-bond donors (Lipinski definition) is 2. The van der Waals surface area contributed by atoms with Gasteiger partial charge in [-0.25, -0.2) is 4.39 Å². The molecule has 0 bridgehead atoms. The lowest BCUT2D eigenvalue weighted by molar-refractivity contribution is -0.116. The number of hydrogen-bond acceptors (Lipinski definition) is 3. The zero-order valence-electron chi connectivity index (χ0n) is 12.0. The van der Waals surface area contributed by atoms with Gasteiger partial charge in [-0.1, -0.05) is 20.8 Å². The highest BCUT2D eigenvalue weighted by Gasteiger charge is 2.18. The third-order valence-corrected chi connectivity index (χ3v) is 2.69. The van der Waals surface area contributed by atoms with E-state index in [1.807, 2.05) is 26.8 Å². The van der Waals surface area contributed by atoms with Crippen LogP contribution < -0.4 is 11.1 Å². The summed E-state index contributed by atoms with van der Waals surface area (Å²) in [6.07, 6.45) is 0.840. The third-order valence-electron chi connectivity index (χ3n) is 2.69. The maximum atomic E-state index is 13.6. The first-order valence-electron chi connectivity index (χ1n) is 6.46. The topological polar surface area (TPSA) is 78.9 Å². The van der Waals surface area contributed by atoms with Crippen molar-refractivity contribution in [3.63, 3.8) is 0 Å². The fourth-order valence-corrected chi connectivity index (χ4v) is 1.98. The first kappa shape index (κ1) is 16.1. The number of amides is 1. The van der Waals surface area contributed by atoms with Crippen molar-refractivity contribution < 1.29 is 9.18 Å². The number of benzene rings is 1. The maximum absolute atomic E-state index is 13.6. The number of nitrogens with zero attached hydrogens (tertiary/aromatic N) is 1. The average Bonchev–Trinajstić information content (AvgIpc) is 2.28. The van der Waals surface area contributed by atoms with Crippen LogP contribution in [0, 0.1) is 22.6 Å². The van der Waals surface area contributed by atoms with E-state index in [4.69, 9.17) is 11.0 Å². The molecule has 1 rings (SSSR count). The number of nitrogens with one attached hydrogen (secondary N) is 1. The van der Waals surface area contributed by atoms with Crippen LogP contribution in [-0.2, 0) is 4.79 Å². The van der Waals surface area contributed by atoms with Crippen LogP contribution in [0.2, 0.25) is 0 Å². The van der Waals surface area contributed by atoms with Crippen molar-refractivity contribution >= 4 is 11.6 Å². The summed E-state index contributed by atoms with van der Waals surface area (Å²) in [5.41, 5.74) is 6.22. The van der Waals surface area contributed by atoms with Gasteiger partial charge < -0.3 is 11.1 Å². The zero-order valence-corrected chi connectivity index (χ0v) is 12.0. The molecule has 1 aromatic rings. The maximum Gasteiger partial charge on any atom is 0.226 e. The molecule has 1 unspecified atom stereocenters. The van der Waals surface area contributed by atoms with Crippen LogP contribution in [0.1, 0.15) is 39.2 Å². The van der Waals surface area contributed by atoms with Crippen LogP contribution in [-0.4, -0.2) is 11.9 Å². The number of nitriles is 1. The van der Waals surface area contributed by atoms with E-state index in [0.29, 0.717) is 6.42 Å². The van der Waals surface area contributed by atoms with Crippen LogP contribution in [0.4, 0.5) is 10.1 Å². The van der Waals surface area contributed by atoms with Crippen LogP contribution in [0.15, 0.2) is 18.2 Å². The van der Waals surface area contributed by atoms with E-state index in [0.717, 1.165) is 6.07 Å². The molecule has 0 aliphatic rings. The molecule has 1 atom stereocenters. The molecular weight excluding hydrogens is 257 g/mol. The third kappa shape index (κ3) is 5.37. The molecular formula is C15H20FN3O. The van der Waals surface area contributed by atoms with Crippen LogP contribution >= 0.6 is 0 Å². The van der Waals surface area contributed by atoms with E-state index < -0.39 is 5.82 Å². The van der Waals surface area contributed by atoms with Crippen LogP contribution in [0.3, 0.4) is 0 Å². The van der Waals surface area contributed by atoms with E-state index in [1.165, 1.54) is 12.1 Å². The second kappa shape index (κ2) is 6.49. The smallest absolute Gasteiger partial charge is 0.226 e. The van der Waals surface area contributed by atoms with Gasteiger partial charge in [0.2, 0.25) is 5.91 Å². The molecule has 0 saturated carbocycles. The molecule has 1 amide bonds. The second-order valence-electron chi connectivity index (χ2n) is 6.08. The summed E-state index contributed by atoms with van der Waals surface area (Å²) < 4.78 is 13.6. The molecule has 0 aliphatic heterocycles. The first-order valence-corrected chi connectivity index (χ1v) is 6.46. The Morgan fingerprint density at radius 1 is 1.50 bits per heavy atom. The summed E-state index contributed by atoms with van der Waals surface area (Å²) in [7, 11) is 0. The lowest BCUT2D eigenvalue weighted by atomic mass is 9.87. The Balaban J connectivity index is 2.61. The SMILES string of the molecule is CC(C)(C)CC(N)CC(=O)Nc1ccc(C#N)cc1F. The van der Waals surface area contributed by atoms with E-state index in [1.54, 1.807) is 0 Å². The Bertz CT molecular complexity index is 529. The number of nitrogens with two attached hydrogens (primary N) is 1. The Labute approximate surface area is 118 Å². The molecule has 0 aliphatic carbocycles. The number of anilines is 1. The predicted molar refractivity (Wildman–Crippen MR) is 76.4 cm³/mol. The summed E-state index contributed by atoms with van der Waals surface area (Å²) in [6.45, 7) is 6.14. The standard InChI is InChI=1S/C15H20FN3O/c1-15(2,3)8-11(18)7-14(20)19-13-5-4-10(9-17)6-12(13)16/h4-6,11H,7-8,18H2,1-3H3,(H,19,20). The van der Waals surface area contributed by atoms with E-state index in [9.17, 15) is 9.18 Å². The molecule has 0 aromatic heterocycles. The molecule has 1 aromatic carbocycles. The van der Waals surface area contributed by atoms with Crippen molar-refractivity contribution in [3.05, 3.63) is 29.6 Å². The van der Waals surface area contributed by atoms with Gasteiger partial charge in [-0.3, -0.25) is 4.79 Å².